The van der Waals surface area contributed by atoms with E-state index in [4.69, 9.17) is 4.74 Å². The zero-order valence-electron chi connectivity index (χ0n) is 15.9. The number of hydrogen-bond acceptors (Lipinski definition) is 7. The first-order valence-corrected chi connectivity index (χ1v) is 8.51. The maximum Gasteiger partial charge on any atom is 0.407 e. The Balaban J connectivity index is 2.16. The van der Waals surface area contributed by atoms with Crippen LogP contribution >= 0.6 is 0 Å². The monoisotopic (exact) mass is 369 g/mol. The van der Waals surface area contributed by atoms with E-state index < -0.39 is 22.2 Å². The number of carbonyl (C=O) groups is 1. The molecule has 10 nitrogen and oxygen atoms in total. The second-order valence-electron chi connectivity index (χ2n) is 7.99. The minimum Gasteiger partial charge on any atom is -0.444 e. The highest BCUT2D eigenvalue weighted by atomic mass is 16.6. The molecular weight excluding hydrogens is 342 g/mol. The van der Waals surface area contributed by atoms with Crippen LogP contribution in [-0.2, 0) is 11.8 Å². The van der Waals surface area contributed by atoms with Gasteiger partial charge in [0.05, 0.1) is 10.5 Å². The second kappa shape index (κ2) is 7.10. The zero-order chi connectivity index (χ0) is 19.7. The van der Waals surface area contributed by atoms with Crippen molar-refractivity contribution in [1.82, 2.24) is 15.1 Å². The highest BCUT2D eigenvalue weighted by Gasteiger charge is 2.36. The Morgan fingerprint density at radius 2 is 2.19 bits per heavy atom. The number of amides is 1. The van der Waals surface area contributed by atoms with Gasteiger partial charge in [0, 0.05) is 26.2 Å². The summed E-state index contributed by atoms with van der Waals surface area (Å²) in [4.78, 5) is 24.5. The predicted octanol–water partition coefficient (Wildman–Crippen LogP) is 1.57. The lowest BCUT2D eigenvalue weighted by Crippen LogP contribution is -2.44. The van der Waals surface area contributed by atoms with Gasteiger partial charge in [0.25, 0.3) is 0 Å². The van der Waals surface area contributed by atoms with Crippen molar-refractivity contribution in [2.45, 2.75) is 57.8 Å². The molecule has 0 radical (unpaired) electrons. The number of anilines is 1. The number of rotatable bonds is 3. The summed E-state index contributed by atoms with van der Waals surface area (Å²) in [5.41, 5.74) is -1.87. The van der Waals surface area contributed by atoms with E-state index in [9.17, 15) is 20.0 Å². The lowest BCUT2D eigenvalue weighted by atomic mass is 9.97. The molecule has 2 heterocycles. The van der Waals surface area contributed by atoms with Crippen LogP contribution in [0.5, 0.6) is 0 Å². The average Bonchev–Trinajstić information content (AvgIpc) is 2.75. The smallest absolute Gasteiger partial charge is 0.407 e. The maximum absolute atomic E-state index is 12.0. The summed E-state index contributed by atoms with van der Waals surface area (Å²) in [6, 6.07) is -0.308. The van der Waals surface area contributed by atoms with Crippen LogP contribution in [0.2, 0.25) is 0 Å². The van der Waals surface area contributed by atoms with Crippen molar-refractivity contribution in [2.75, 3.05) is 18.0 Å². The molecule has 1 aliphatic rings. The van der Waals surface area contributed by atoms with Crippen LogP contribution in [0.15, 0.2) is 6.20 Å². The molecule has 1 aromatic rings. The zero-order valence-corrected chi connectivity index (χ0v) is 15.9. The van der Waals surface area contributed by atoms with Crippen molar-refractivity contribution >= 4 is 17.6 Å². The quantitative estimate of drug-likeness (QED) is 0.612. The van der Waals surface area contributed by atoms with E-state index in [0.717, 1.165) is 0 Å². The third-order valence-corrected chi connectivity index (χ3v) is 4.07. The van der Waals surface area contributed by atoms with Gasteiger partial charge >= 0.3 is 11.8 Å². The van der Waals surface area contributed by atoms with E-state index in [1.54, 1.807) is 39.6 Å². The van der Waals surface area contributed by atoms with Gasteiger partial charge in [-0.15, -0.1) is 0 Å². The number of aromatic nitrogens is 2. The van der Waals surface area contributed by atoms with Gasteiger partial charge in [-0.05, 0) is 40.5 Å². The molecule has 0 aromatic carbocycles. The number of aryl methyl sites for hydroxylation is 1. The van der Waals surface area contributed by atoms with Gasteiger partial charge in [-0.1, -0.05) is 0 Å². The average molecular weight is 369 g/mol. The van der Waals surface area contributed by atoms with Gasteiger partial charge in [0.1, 0.15) is 11.8 Å². The molecule has 10 heteroatoms. The van der Waals surface area contributed by atoms with E-state index in [1.165, 1.54) is 10.9 Å². The van der Waals surface area contributed by atoms with Gasteiger partial charge < -0.3 is 20.1 Å². The molecule has 2 atom stereocenters. The van der Waals surface area contributed by atoms with Gasteiger partial charge in [-0.2, -0.15) is 5.10 Å². The Morgan fingerprint density at radius 3 is 2.77 bits per heavy atom. The van der Waals surface area contributed by atoms with Crippen molar-refractivity contribution < 1.29 is 19.6 Å². The minimum atomic E-state index is -1.14. The molecule has 26 heavy (non-hydrogen) atoms. The normalized spacial score (nSPS) is 24.1. The van der Waals surface area contributed by atoms with E-state index in [1.807, 2.05) is 0 Å². The van der Waals surface area contributed by atoms with Crippen LogP contribution in [0.4, 0.5) is 16.3 Å². The van der Waals surface area contributed by atoms with E-state index >= 15 is 0 Å². The molecule has 0 spiro atoms. The highest BCUT2D eigenvalue weighted by Crippen LogP contribution is 2.31. The van der Waals surface area contributed by atoms with Crippen molar-refractivity contribution in [3.8, 4) is 0 Å². The number of nitrogens with zero attached hydrogens (tertiary/aromatic N) is 4. The molecule has 2 rings (SSSR count). The Hall–Kier alpha value is -2.36. The van der Waals surface area contributed by atoms with Crippen LogP contribution in [0, 0.1) is 10.1 Å². The molecule has 1 fully saturated rings. The first-order valence-electron chi connectivity index (χ1n) is 8.51. The number of carbonyl (C=O) groups excluding carboxylic acids is 1. The second-order valence-corrected chi connectivity index (χ2v) is 7.99. The summed E-state index contributed by atoms with van der Waals surface area (Å²) in [5.74, 6) is 0.341. The standard InChI is InChI=1S/C16H27N5O5/c1-15(2,3)26-14(22)18-11-6-7-20(10-16(4,23)8-11)13-12(21(24)25)9-17-19(13)5/h9,11,23H,6-8,10H2,1-5H3,(H,18,22)/t11-,16-/m0/s1. The number of β-amino-alcohol motifs (C(OH)–C–C–N with tert-alkyl or cyclic N) is 1. The molecule has 1 amide bonds. The van der Waals surface area contributed by atoms with Crippen molar-refractivity contribution in [2.24, 2.45) is 7.05 Å². The van der Waals surface area contributed by atoms with Crippen LogP contribution < -0.4 is 10.2 Å². The van der Waals surface area contributed by atoms with Crippen molar-refractivity contribution in [3.63, 3.8) is 0 Å². The fourth-order valence-corrected chi connectivity index (χ4v) is 3.19. The first kappa shape index (κ1) is 20.0. The molecule has 0 bridgehead atoms. The Labute approximate surface area is 152 Å². The summed E-state index contributed by atoms with van der Waals surface area (Å²) in [5, 5.41) is 28.7. The SMILES string of the molecule is Cn1ncc([N+](=O)[O-])c1N1CC[C@H](NC(=O)OC(C)(C)C)C[C@](C)(O)C1. The summed E-state index contributed by atoms with van der Waals surface area (Å²) >= 11 is 0. The number of alkyl carbamates (subject to hydrolysis) is 1. The summed E-state index contributed by atoms with van der Waals surface area (Å²) < 4.78 is 6.70. The van der Waals surface area contributed by atoms with E-state index in [0.29, 0.717) is 25.2 Å². The summed E-state index contributed by atoms with van der Waals surface area (Å²) in [6.07, 6.45) is 1.48. The number of aliphatic hydroxyl groups is 1. The molecule has 146 valence electrons. The van der Waals surface area contributed by atoms with Crippen molar-refractivity contribution in [3.05, 3.63) is 16.3 Å². The van der Waals surface area contributed by atoms with Crippen LogP contribution in [0.1, 0.15) is 40.5 Å². The largest absolute Gasteiger partial charge is 0.444 e. The maximum atomic E-state index is 12.0. The molecule has 0 saturated carbocycles. The molecule has 0 unspecified atom stereocenters. The third-order valence-electron chi connectivity index (χ3n) is 4.07. The lowest BCUT2D eigenvalue weighted by Gasteiger charge is -2.29. The van der Waals surface area contributed by atoms with Gasteiger partial charge in [0.2, 0.25) is 5.82 Å². The van der Waals surface area contributed by atoms with Crippen LogP contribution in [0.25, 0.3) is 0 Å². The Kier molecular flexibility index (Phi) is 5.45. The summed E-state index contributed by atoms with van der Waals surface area (Å²) in [7, 11) is 1.62. The fourth-order valence-electron chi connectivity index (χ4n) is 3.19. The Morgan fingerprint density at radius 1 is 1.54 bits per heavy atom. The molecule has 1 saturated heterocycles. The highest BCUT2D eigenvalue weighted by molar-refractivity contribution is 5.68. The van der Waals surface area contributed by atoms with Crippen LogP contribution in [0.3, 0.4) is 0 Å². The lowest BCUT2D eigenvalue weighted by molar-refractivity contribution is -0.384. The fraction of sp³-hybridized carbons (Fsp3) is 0.750. The molecule has 1 aliphatic heterocycles. The first-order chi connectivity index (χ1) is 11.9. The minimum absolute atomic E-state index is 0.109. The number of hydrogen-bond donors (Lipinski definition) is 2. The van der Waals surface area contributed by atoms with Crippen molar-refractivity contribution in [1.29, 1.82) is 0 Å². The molecular formula is C16H27N5O5. The van der Waals surface area contributed by atoms with Gasteiger partial charge in [0.15, 0.2) is 0 Å². The number of ether oxygens (including phenoxy) is 1. The van der Waals surface area contributed by atoms with Gasteiger partial charge in [-0.25, -0.2) is 9.48 Å². The number of nitrogens with one attached hydrogen (secondary N) is 1. The third kappa shape index (κ3) is 5.07. The van der Waals surface area contributed by atoms with E-state index in [2.05, 4.69) is 10.4 Å². The molecule has 2 N–H and O–H groups in total. The summed E-state index contributed by atoms with van der Waals surface area (Å²) in [6.45, 7) is 7.60. The number of nitro groups is 1. The van der Waals surface area contributed by atoms with Gasteiger partial charge in [-0.3, -0.25) is 10.1 Å². The van der Waals surface area contributed by atoms with E-state index in [-0.39, 0.29) is 18.3 Å². The Bertz CT molecular complexity index is 679. The molecule has 0 aliphatic carbocycles. The predicted molar refractivity (Wildman–Crippen MR) is 95.1 cm³/mol. The van der Waals surface area contributed by atoms with Crippen LogP contribution in [-0.4, -0.2) is 56.2 Å². The topological polar surface area (TPSA) is 123 Å². The molecule has 1 aromatic heterocycles.